The van der Waals surface area contributed by atoms with E-state index in [0.29, 0.717) is 5.82 Å². The zero-order valence-electron chi connectivity index (χ0n) is 10.9. The zero-order valence-corrected chi connectivity index (χ0v) is 12.4. The number of rotatable bonds is 3. The second-order valence-electron chi connectivity index (χ2n) is 5.07. The summed E-state index contributed by atoms with van der Waals surface area (Å²) in [6, 6.07) is 0. The number of nitrogen functional groups attached to an aromatic ring is 1. The molecule has 0 spiro atoms. The molecule has 0 amide bonds. The highest BCUT2D eigenvalue weighted by Crippen LogP contribution is 2.33. The summed E-state index contributed by atoms with van der Waals surface area (Å²) in [6.45, 7) is 6.69. The lowest BCUT2D eigenvalue weighted by molar-refractivity contribution is 0.310. The van der Waals surface area contributed by atoms with Crippen LogP contribution in [0.25, 0.3) is 0 Å². The third kappa shape index (κ3) is 2.75. The zero-order chi connectivity index (χ0) is 13.1. The lowest BCUT2D eigenvalue weighted by Crippen LogP contribution is -2.36. The van der Waals surface area contributed by atoms with Crippen molar-refractivity contribution >= 4 is 27.6 Å². The molecule has 100 valence electrons. The first-order valence-corrected chi connectivity index (χ1v) is 7.14. The number of halogens is 1. The molecule has 1 aliphatic heterocycles. The summed E-state index contributed by atoms with van der Waals surface area (Å²) < 4.78 is 0.843. The number of aromatic nitrogens is 2. The Morgan fingerprint density at radius 2 is 2.06 bits per heavy atom. The minimum Gasteiger partial charge on any atom is -0.355 e. The molecular formula is C12H20BrN5. The number of nitrogens with one attached hydrogen (secondary N) is 1. The Bertz CT molecular complexity index is 401. The van der Waals surface area contributed by atoms with Gasteiger partial charge in [0.1, 0.15) is 16.6 Å². The van der Waals surface area contributed by atoms with Gasteiger partial charge in [-0.1, -0.05) is 13.8 Å². The predicted octanol–water partition coefficient (Wildman–Crippen LogP) is 2.40. The second kappa shape index (κ2) is 5.84. The molecule has 6 heteroatoms. The summed E-state index contributed by atoms with van der Waals surface area (Å²) in [7, 11) is 0. The summed E-state index contributed by atoms with van der Waals surface area (Å²) in [5.41, 5.74) is 2.58. The van der Waals surface area contributed by atoms with E-state index in [2.05, 4.69) is 50.1 Å². The average Bonchev–Trinajstić information content (AvgIpc) is 2.39. The van der Waals surface area contributed by atoms with Crippen molar-refractivity contribution in [2.75, 3.05) is 23.4 Å². The number of piperidine rings is 1. The molecule has 0 radical (unpaired) electrons. The molecule has 0 aliphatic carbocycles. The molecule has 0 atom stereocenters. The number of nitrogens with zero attached hydrogens (tertiary/aromatic N) is 3. The van der Waals surface area contributed by atoms with Gasteiger partial charge in [-0.2, -0.15) is 0 Å². The van der Waals surface area contributed by atoms with Gasteiger partial charge in [0, 0.05) is 13.1 Å². The fourth-order valence-electron chi connectivity index (χ4n) is 2.46. The first-order chi connectivity index (χ1) is 8.63. The molecule has 1 saturated heterocycles. The Hall–Kier alpha value is -0.880. The SMILES string of the molecule is CC(C)C1CCN(c2ncnc(NN)c2Br)CC1. The van der Waals surface area contributed by atoms with Crippen LogP contribution in [0.1, 0.15) is 26.7 Å². The number of nitrogens with two attached hydrogens (primary N) is 1. The molecule has 0 aromatic carbocycles. The van der Waals surface area contributed by atoms with E-state index < -0.39 is 0 Å². The largest absolute Gasteiger partial charge is 0.355 e. The number of hydrogen-bond acceptors (Lipinski definition) is 5. The van der Waals surface area contributed by atoms with Crippen molar-refractivity contribution in [3.8, 4) is 0 Å². The fraction of sp³-hybridized carbons (Fsp3) is 0.667. The Labute approximate surface area is 116 Å². The minimum absolute atomic E-state index is 0.631. The third-order valence-corrected chi connectivity index (χ3v) is 4.42. The van der Waals surface area contributed by atoms with Crippen molar-refractivity contribution in [3.63, 3.8) is 0 Å². The minimum atomic E-state index is 0.631. The highest BCUT2D eigenvalue weighted by molar-refractivity contribution is 9.10. The molecule has 1 aliphatic rings. The van der Waals surface area contributed by atoms with Crippen LogP contribution in [-0.4, -0.2) is 23.1 Å². The summed E-state index contributed by atoms with van der Waals surface area (Å²) in [5, 5.41) is 0. The number of hydrogen-bond donors (Lipinski definition) is 2. The standard InChI is InChI=1S/C12H20BrN5/c1-8(2)9-3-5-18(6-4-9)12-10(13)11(17-14)15-7-16-12/h7-9H,3-6,14H2,1-2H3,(H,15,16,17). The first-order valence-electron chi connectivity index (χ1n) is 6.35. The molecule has 1 aromatic heterocycles. The molecule has 1 fully saturated rings. The van der Waals surface area contributed by atoms with E-state index in [9.17, 15) is 0 Å². The van der Waals surface area contributed by atoms with Crippen LogP contribution in [0.3, 0.4) is 0 Å². The van der Waals surface area contributed by atoms with Crippen LogP contribution in [0, 0.1) is 11.8 Å². The summed E-state index contributed by atoms with van der Waals surface area (Å²) in [5.74, 6) is 8.58. The Morgan fingerprint density at radius 1 is 1.39 bits per heavy atom. The van der Waals surface area contributed by atoms with E-state index in [0.717, 1.165) is 35.2 Å². The Balaban J connectivity index is 2.10. The van der Waals surface area contributed by atoms with Gasteiger partial charge in [-0.25, -0.2) is 15.8 Å². The molecule has 5 nitrogen and oxygen atoms in total. The molecule has 2 rings (SSSR count). The average molecular weight is 314 g/mol. The van der Waals surface area contributed by atoms with Gasteiger partial charge in [-0.05, 0) is 40.6 Å². The Kier molecular flexibility index (Phi) is 4.40. The maximum atomic E-state index is 5.42. The molecule has 0 bridgehead atoms. The van der Waals surface area contributed by atoms with Gasteiger partial charge in [0.05, 0.1) is 0 Å². The first kappa shape index (κ1) is 13.5. The summed E-state index contributed by atoms with van der Waals surface area (Å²) in [6.07, 6.45) is 3.99. The molecule has 0 saturated carbocycles. The summed E-state index contributed by atoms with van der Waals surface area (Å²) in [4.78, 5) is 10.7. The van der Waals surface area contributed by atoms with Gasteiger partial charge in [-0.15, -0.1) is 0 Å². The van der Waals surface area contributed by atoms with Crippen LogP contribution < -0.4 is 16.2 Å². The third-order valence-electron chi connectivity index (χ3n) is 3.69. The van der Waals surface area contributed by atoms with Crippen LogP contribution in [-0.2, 0) is 0 Å². The van der Waals surface area contributed by atoms with Crippen LogP contribution in [0.2, 0.25) is 0 Å². The lowest BCUT2D eigenvalue weighted by atomic mass is 9.87. The van der Waals surface area contributed by atoms with E-state index in [4.69, 9.17) is 5.84 Å². The maximum absolute atomic E-state index is 5.42. The molecular weight excluding hydrogens is 294 g/mol. The molecule has 3 N–H and O–H groups in total. The van der Waals surface area contributed by atoms with E-state index in [1.54, 1.807) is 6.33 Å². The number of hydrazine groups is 1. The van der Waals surface area contributed by atoms with E-state index in [1.807, 2.05) is 0 Å². The van der Waals surface area contributed by atoms with Crippen molar-refractivity contribution in [1.82, 2.24) is 9.97 Å². The second-order valence-corrected chi connectivity index (χ2v) is 5.87. The quantitative estimate of drug-likeness (QED) is 0.662. The molecule has 2 heterocycles. The molecule has 1 aromatic rings. The van der Waals surface area contributed by atoms with E-state index in [-0.39, 0.29) is 0 Å². The van der Waals surface area contributed by atoms with Crippen molar-refractivity contribution in [2.45, 2.75) is 26.7 Å². The van der Waals surface area contributed by atoms with Gasteiger partial charge in [0.2, 0.25) is 0 Å². The van der Waals surface area contributed by atoms with Crippen LogP contribution >= 0.6 is 15.9 Å². The maximum Gasteiger partial charge on any atom is 0.159 e. The van der Waals surface area contributed by atoms with Crippen molar-refractivity contribution in [1.29, 1.82) is 0 Å². The highest BCUT2D eigenvalue weighted by atomic mass is 79.9. The van der Waals surface area contributed by atoms with Crippen molar-refractivity contribution in [3.05, 3.63) is 10.8 Å². The van der Waals surface area contributed by atoms with Crippen molar-refractivity contribution < 1.29 is 0 Å². The smallest absolute Gasteiger partial charge is 0.159 e. The molecule has 18 heavy (non-hydrogen) atoms. The van der Waals surface area contributed by atoms with Crippen LogP contribution in [0.5, 0.6) is 0 Å². The van der Waals surface area contributed by atoms with Crippen LogP contribution in [0.15, 0.2) is 10.8 Å². The van der Waals surface area contributed by atoms with Gasteiger partial charge in [-0.3, -0.25) is 0 Å². The lowest BCUT2D eigenvalue weighted by Gasteiger charge is -2.35. The normalized spacial score (nSPS) is 17.3. The monoisotopic (exact) mass is 313 g/mol. The topological polar surface area (TPSA) is 67.1 Å². The number of anilines is 2. The predicted molar refractivity (Wildman–Crippen MR) is 77.3 cm³/mol. The van der Waals surface area contributed by atoms with Crippen molar-refractivity contribution in [2.24, 2.45) is 17.7 Å². The van der Waals surface area contributed by atoms with Crippen LogP contribution in [0.4, 0.5) is 11.6 Å². The van der Waals surface area contributed by atoms with Gasteiger partial charge >= 0.3 is 0 Å². The Morgan fingerprint density at radius 3 is 2.61 bits per heavy atom. The van der Waals surface area contributed by atoms with E-state index in [1.165, 1.54) is 12.8 Å². The highest BCUT2D eigenvalue weighted by Gasteiger charge is 2.24. The van der Waals surface area contributed by atoms with Gasteiger partial charge in [0.25, 0.3) is 0 Å². The summed E-state index contributed by atoms with van der Waals surface area (Å²) >= 11 is 3.51. The van der Waals surface area contributed by atoms with Gasteiger partial charge in [0.15, 0.2) is 5.82 Å². The van der Waals surface area contributed by atoms with E-state index >= 15 is 0 Å². The fourth-order valence-corrected chi connectivity index (χ4v) is 3.03. The van der Waals surface area contributed by atoms with Gasteiger partial charge < -0.3 is 10.3 Å². The molecule has 0 unspecified atom stereocenters.